The topological polar surface area (TPSA) is 98.2 Å². The molecule has 2 aliphatic rings. The third kappa shape index (κ3) is 5.83. The van der Waals surface area contributed by atoms with Gasteiger partial charge in [0.05, 0.1) is 26.0 Å². The molecule has 226 valence electrons. The standard InChI is InChI=1S/C29H25ClF3N3O6S/c1-16(29(31,32)33)34-15-36(25-17-7-5-8-20(30)19(17)14-43-22-9-4-3-6-18(22)25)35-13-12-21(37)27(26(35)28(34)40)42-24(39)11-10-23(38)41-2/h3-9,12-13,16,25H,10-11,14-15H2,1-2H3/t16-,25+/m1/s1. The fraction of sp³-hybridized carbons (Fsp3) is 0.310. The summed E-state index contributed by atoms with van der Waals surface area (Å²) in [4.78, 5) is 52.4. The average Bonchev–Trinajstić information content (AvgIpc) is 3.14. The summed E-state index contributed by atoms with van der Waals surface area (Å²) >= 11 is 8.12. The average molecular weight is 636 g/mol. The van der Waals surface area contributed by atoms with E-state index in [0.717, 1.165) is 36.1 Å². The van der Waals surface area contributed by atoms with E-state index >= 15 is 0 Å². The van der Waals surface area contributed by atoms with Gasteiger partial charge in [0, 0.05) is 27.9 Å². The minimum atomic E-state index is -4.81. The van der Waals surface area contributed by atoms with Gasteiger partial charge in [-0.25, -0.2) is 0 Å². The number of esters is 2. The number of halogens is 4. The van der Waals surface area contributed by atoms with Crippen molar-refractivity contribution in [2.24, 2.45) is 0 Å². The van der Waals surface area contributed by atoms with Gasteiger partial charge in [0.1, 0.15) is 12.7 Å². The van der Waals surface area contributed by atoms with Gasteiger partial charge in [-0.05, 0) is 35.7 Å². The molecule has 0 N–H and O–H groups in total. The molecule has 0 radical (unpaired) electrons. The summed E-state index contributed by atoms with van der Waals surface area (Å²) in [6.45, 7) is 0.317. The van der Waals surface area contributed by atoms with Crippen LogP contribution in [0, 0.1) is 0 Å². The van der Waals surface area contributed by atoms with Crippen LogP contribution in [0.15, 0.2) is 64.4 Å². The normalized spacial score (nSPS) is 16.9. The van der Waals surface area contributed by atoms with E-state index in [-0.39, 0.29) is 6.42 Å². The lowest BCUT2D eigenvalue weighted by Gasteiger charge is -2.46. The van der Waals surface area contributed by atoms with Crippen LogP contribution in [0.25, 0.3) is 0 Å². The molecule has 0 saturated heterocycles. The highest BCUT2D eigenvalue weighted by Gasteiger charge is 2.48. The molecular formula is C29H25ClF3N3O6S. The second kappa shape index (κ2) is 12.0. The number of hydrogen-bond donors (Lipinski definition) is 0. The quantitative estimate of drug-likeness (QED) is 0.347. The zero-order chi connectivity index (χ0) is 31.1. The van der Waals surface area contributed by atoms with Crippen molar-refractivity contribution in [1.82, 2.24) is 9.58 Å². The molecule has 0 saturated carbocycles. The first kappa shape index (κ1) is 30.5. The largest absolute Gasteiger partial charge is 0.469 e. The molecule has 0 aliphatic carbocycles. The zero-order valence-corrected chi connectivity index (χ0v) is 24.5. The SMILES string of the molecule is COC(=O)CCC(=O)Oc1c2n(ccc1=O)N([C@@H]1c3ccccc3SCc3c(Cl)cccc31)CN([C@H](C)C(F)(F)F)C2=O. The molecule has 43 heavy (non-hydrogen) atoms. The molecule has 0 spiro atoms. The summed E-state index contributed by atoms with van der Waals surface area (Å²) in [6, 6.07) is 10.7. The molecule has 1 amide bonds. The lowest BCUT2D eigenvalue weighted by atomic mass is 9.94. The third-order valence-corrected chi connectivity index (χ3v) is 8.79. The van der Waals surface area contributed by atoms with Crippen molar-refractivity contribution in [3.63, 3.8) is 0 Å². The van der Waals surface area contributed by atoms with Crippen LogP contribution in [-0.2, 0) is 20.1 Å². The van der Waals surface area contributed by atoms with Gasteiger partial charge < -0.3 is 14.4 Å². The van der Waals surface area contributed by atoms with Crippen molar-refractivity contribution in [3.05, 3.63) is 92.4 Å². The summed E-state index contributed by atoms with van der Waals surface area (Å²) in [6.07, 6.45) is -4.40. The van der Waals surface area contributed by atoms with Crippen LogP contribution in [0.5, 0.6) is 5.75 Å². The Morgan fingerprint density at radius 2 is 1.74 bits per heavy atom. The van der Waals surface area contributed by atoms with E-state index in [0.29, 0.717) is 21.2 Å². The van der Waals surface area contributed by atoms with Crippen LogP contribution in [-0.4, -0.2) is 53.4 Å². The second-order valence-electron chi connectivity index (χ2n) is 9.86. The van der Waals surface area contributed by atoms with Crippen LogP contribution in [0.4, 0.5) is 13.2 Å². The number of benzene rings is 2. The Morgan fingerprint density at radius 1 is 1.05 bits per heavy atom. The number of amides is 1. The molecule has 2 aromatic carbocycles. The maximum atomic E-state index is 14.1. The molecular weight excluding hydrogens is 611 g/mol. The number of thioether (sulfide) groups is 1. The molecule has 3 aromatic rings. The monoisotopic (exact) mass is 635 g/mol. The highest BCUT2D eigenvalue weighted by Crippen LogP contribution is 2.45. The minimum Gasteiger partial charge on any atom is -0.469 e. The van der Waals surface area contributed by atoms with Gasteiger partial charge in [0.15, 0.2) is 5.69 Å². The number of pyridine rings is 1. The third-order valence-electron chi connectivity index (χ3n) is 7.32. The molecule has 5 rings (SSSR count). The van der Waals surface area contributed by atoms with E-state index in [1.54, 1.807) is 18.2 Å². The number of nitrogens with zero attached hydrogens (tertiary/aromatic N) is 3. The van der Waals surface area contributed by atoms with Gasteiger partial charge >= 0.3 is 18.1 Å². The van der Waals surface area contributed by atoms with Crippen LogP contribution < -0.4 is 15.2 Å². The fourth-order valence-electron chi connectivity index (χ4n) is 5.05. The summed E-state index contributed by atoms with van der Waals surface area (Å²) < 4.78 is 53.4. The van der Waals surface area contributed by atoms with E-state index in [4.69, 9.17) is 16.3 Å². The highest BCUT2D eigenvalue weighted by molar-refractivity contribution is 7.98. The van der Waals surface area contributed by atoms with Crippen LogP contribution in [0.2, 0.25) is 5.02 Å². The number of carbonyl (C=O) groups is 3. The molecule has 0 bridgehead atoms. The van der Waals surface area contributed by atoms with E-state index in [9.17, 15) is 32.3 Å². The predicted molar refractivity (Wildman–Crippen MR) is 152 cm³/mol. The van der Waals surface area contributed by atoms with Gasteiger partial charge in [-0.2, -0.15) is 13.2 Å². The van der Waals surface area contributed by atoms with Crippen LogP contribution in [0.3, 0.4) is 0 Å². The number of aromatic nitrogens is 1. The smallest absolute Gasteiger partial charge is 0.408 e. The highest BCUT2D eigenvalue weighted by atomic mass is 35.5. The Labute approximate surface area is 253 Å². The maximum absolute atomic E-state index is 14.1. The van der Waals surface area contributed by atoms with Gasteiger partial charge in [0.2, 0.25) is 11.2 Å². The molecule has 14 heteroatoms. The number of fused-ring (bicyclic) bond motifs is 3. The molecule has 0 unspecified atom stereocenters. The van der Waals surface area contributed by atoms with E-state index in [1.807, 2.05) is 24.3 Å². The second-order valence-corrected chi connectivity index (χ2v) is 11.3. The Hall–Kier alpha value is -3.97. The fourth-order valence-corrected chi connectivity index (χ4v) is 6.52. The van der Waals surface area contributed by atoms with E-state index in [2.05, 4.69) is 4.74 Å². The lowest BCUT2D eigenvalue weighted by Crippen LogP contribution is -2.60. The summed E-state index contributed by atoms with van der Waals surface area (Å²) in [5.41, 5.74) is 0.746. The first-order chi connectivity index (χ1) is 20.4. The Kier molecular flexibility index (Phi) is 8.48. The Morgan fingerprint density at radius 3 is 2.47 bits per heavy atom. The van der Waals surface area contributed by atoms with Gasteiger partial charge in [-0.3, -0.25) is 28.9 Å². The summed E-state index contributed by atoms with van der Waals surface area (Å²) in [5, 5.41) is 1.99. The summed E-state index contributed by atoms with van der Waals surface area (Å²) in [7, 11) is 1.13. The minimum absolute atomic E-state index is 0.364. The van der Waals surface area contributed by atoms with E-state index in [1.165, 1.54) is 27.6 Å². The molecule has 2 aliphatic heterocycles. The number of rotatable bonds is 6. The Balaban J connectivity index is 1.72. The zero-order valence-electron chi connectivity index (χ0n) is 22.9. The number of hydrogen-bond acceptors (Lipinski definition) is 8. The number of carbonyl (C=O) groups excluding carboxylic acids is 3. The molecule has 0 fully saturated rings. The summed E-state index contributed by atoms with van der Waals surface area (Å²) in [5.74, 6) is -3.16. The number of alkyl halides is 3. The lowest BCUT2D eigenvalue weighted by molar-refractivity contribution is -0.173. The van der Waals surface area contributed by atoms with E-state index < -0.39 is 66.1 Å². The first-order valence-corrected chi connectivity index (χ1v) is 14.5. The van der Waals surface area contributed by atoms with Crippen molar-refractivity contribution >= 4 is 41.2 Å². The van der Waals surface area contributed by atoms with Crippen molar-refractivity contribution in [3.8, 4) is 5.75 Å². The molecule has 9 nitrogen and oxygen atoms in total. The van der Waals surface area contributed by atoms with Crippen molar-refractivity contribution in [1.29, 1.82) is 0 Å². The van der Waals surface area contributed by atoms with Crippen LogP contribution in [0.1, 0.15) is 53.0 Å². The predicted octanol–water partition coefficient (Wildman–Crippen LogP) is 5.06. The molecule has 2 atom stereocenters. The van der Waals surface area contributed by atoms with Crippen molar-refractivity contribution in [2.75, 3.05) is 18.8 Å². The number of ether oxygens (including phenoxy) is 2. The van der Waals surface area contributed by atoms with Crippen LogP contribution >= 0.6 is 23.4 Å². The van der Waals surface area contributed by atoms with Gasteiger partial charge in [0.25, 0.3) is 5.91 Å². The maximum Gasteiger partial charge on any atom is 0.408 e. The Bertz CT molecular complexity index is 1660. The van der Waals surface area contributed by atoms with Crippen molar-refractivity contribution < 1.29 is 37.0 Å². The molecule has 1 aromatic heterocycles. The van der Waals surface area contributed by atoms with Gasteiger partial charge in [-0.15, -0.1) is 11.8 Å². The van der Waals surface area contributed by atoms with Crippen molar-refractivity contribution in [2.45, 2.75) is 48.7 Å². The molecule has 3 heterocycles. The first-order valence-electron chi connectivity index (χ1n) is 13.1. The number of methoxy groups -OCH3 is 1. The van der Waals surface area contributed by atoms with Gasteiger partial charge in [-0.1, -0.05) is 41.9 Å².